The molecule has 1 aromatic carbocycles. The van der Waals surface area contributed by atoms with Crippen LogP contribution in [0.15, 0.2) is 18.2 Å². The lowest BCUT2D eigenvalue weighted by atomic mass is 10.0. The number of hydrogen-bond acceptors (Lipinski definition) is 5. The molecule has 0 saturated heterocycles. The highest BCUT2D eigenvalue weighted by molar-refractivity contribution is 5.91. The first-order chi connectivity index (χ1) is 10.9. The number of benzene rings is 1. The van der Waals surface area contributed by atoms with Crippen LogP contribution in [0.4, 0.5) is 4.79 Å². The van der Waals surface area contributed by atoms with Crippen LogP contribution in [0.25, 0.3) is 0 Å². The van der Waals surface area contributed by atoms with Crippen LogP contribution >= 0.6 is 0 Å². The van der Waals surface area contributed by atoms with Gasteiger partial charge < -0.3 is 14.8 Å². The first-order valence-electron chi connectivity index (χ1n) is 7.62. The largest absolute Gasteiger partial charge is 0.456 e. The number of ether oxygens (including phenoxy) is 2. The predicted molar refractivity (Wildman–Crippen MR) is 89.4 cm³/mol. The number of carbonyl (C=O) groups is 2. The third-order valence-corrected chi connectivity index (χ3v) is 2.69. The zero-order valence-corrected chi connectivity index (χ0v) is 15.0. The number of nitrogens with zero attached hydrogens (tertiary/aromatic N) is 1. The monoisotopic (exact) mass is 332 g/mol. The highest BCUT2D eigenvalue weighted by Gasteiger charge is 2.22. The molecule has 0 saturated carbocycles. The molecule has 24 heavy (non-hydrogen) atoms. The SMILES string of the molecule is CC(C)(C)NC(=O)OCc1ccc(C#N)cc1C(=O)OC(C)(C)C. The van der Waals surface area contributed by atoms with E-state index in [4.69, 9.17) is 14.7 Å². The summed E-state index contributed by atoms with van der Waals surface area (Å²) in [5, 5.41) is 11.7. The van der Waals surface area contributed by atoms with E-state index in [2.05, 4.69) is 5.32 Å². The minimum Gasteiger partial charge on any atom is -0.456 e. The lowest BCUT2D eigenvalue weighted by Gasteiger charge is -2.22. The van der Waals surface area contributed by atoms with Crippen molar-refractivity contribution in [2.75, 3.05) is 0 Å². The summed E-state index contributed by atoms with van der Waals surface area (Å²) in [6.45, 7) is 10.7. The van der Waals surface area contributed by atoms with Crippen molar-refractivity contribution in [2.24, 2.45) is 0 Å². The van der Waals surface area contributed by atoms with Gasteiger partial charge in [0, 0.05) is 11.1 Å². The molecular formula is C18H24N2O4. The Balaban J connectivity index is 2.96. The van der Waals surface area contributed by atoms with Crippen molar-refractivity contribution in [3.05, 3.63) is 34.9 Å². The zero-order chi connectivity index (χ0) is 18.5. The predicted octanol–water partition coefficient (Wildman–Crippen LogP) is 3.54. The average Bonchev–Trinajstić information content (AvgIpc) is 2.41. The van der Waals surface area contributed by atoms with E-state index in [0.29, 0.717) is 11.1 Å². The van der Waals surface area contributed by atoms with Gasteiger partial charge in [0.25, 0.3) is 0 Å². The van der Waals surface area contributed by atoms with Crippen molar-refractivity contribution in [1.29, 1.82) is 5.26 Å². The summed E-state index contributed by atoms with van der Waals surface area (Å²) in [6.07, 6.45) is -0.581. The minimum atomic E-state index is -0.665. The van der Waals surface area contributed by atoms with Gasteiger partial charge in [0.2, 0.25) is 0 Å². The van der Waals surface area contributed by atoms with E-state index in [0.717, 1.165) is 0 Å². The summed E-state index contributed by atoms with van der Waals surface area (Å²) in [4.78, 5) is 24.1. The van der Waals surface area contributed by atoms with Crippen LogP contribution in [0.1, 0.15) is 63.0 Å². The van der Waals surface area contributed by atoms with Crippen molar-refractivity contribution in [1.82, 2.24) is 5.32 Å². The van der Waals surface area contributed by atoms with E-state index in [1.54, 1.807) is 32.9 Å². The highest BCUT2D eigenvalue weighted by atomic mass is 16.6. The molecule has 6 heteroatoms. The molecule has 1 rings (SSSR count). The number of nitriles is 1. The summed E-state index contributed by atoms with van der Waals surface area (Å²) < 4.78 is 10.5. The molecule has 0 aliphatic rings. The molecule has 0 unspecified atom stereocenters. The van der Waals surface area contributed by atoms with Gasteiger partial charge in [-0.2, -0.15) is 5.26 Å². The maximum atomic E-state index is 12.3. The van der Waals surface area contributed by atoms with Crippen LogP contribution < -0.4 is 5.32 Å². The number of rotatable bonds is 3. The normalized spacial score (nSPS) is 11.4. The fourth-order valence-electron chi connectivity index (χ4n) is 1.78. The number of hydrogen-bond donors (Lipinski definition) is 1. The van der Waals surface area contributed by atoms with Crippen LogP contribution in [0.3, 0.4) is 0 Å². The minimum absolute atomic E-state index is 0.0950. The van der Waals surface area contributed by atoms with E-state index in [-0.39, 0.29) is 12.2 Å². The maximum absolute atomic E-state index is 12.3. The molecule has 0 heterocycles. The average molecular weight is 332 g/mol. The summed E-state index contributed by atoms with van der Waals surface area (Å²) in [5.41, 5.74) is -0.0596. The van der Waals surface area contributed by atoms with Gasteiger partial charge in [-0.3, -0.25) is 0 Å². The molecule has 130 valence electrons. The van der Waals surface area contributed by atoms with E-state index in [1.807, 2.05) is 26.8 Å². The fourth-order valence-corrected chi connectivity index (χ4v) is 1.78. The van der Waals surface area contributed by atoms with Crippen molar-refractivity contribution in [3.63, 3.8) is 0 Å². The van der Waals surface area contributed by atoms with Crippen LogP contribution in [0, 0.1) is 11.3 Å². The molecule has 0 fully saturated rings. The summed E-state index contributed by atoms with van der Waals surface area (Å²) in [5.74, 6) is -0.561. The van der Waals surface area contributed by atoms with E-state index >= 15 is 0 Å². The Kier molecular flexibility index (Phi) is 5.97. The first-order valence-corrected chi connectivity index (χ1v) is 7.62. The van der Waals surface area contributed by atoms with Crippen molar-refractivity contribution in [3.8, 4) is 6.07 Å². The summed E-state index contributed by atoms with van der Waals surface area (Å²) in [6, 6.07) is 6.57. The lowest BCUT2D eigenvalue weighted by Crippen LogP contribution is -2.40. The topological polar surface area (TPSA) is 88.4 Å². The van der Waals surface area contributed by atoms with E-state index in [9.17, 15) is 9.59 Å². The second-order valence-corrected chi connectivity index (χ2v) is 7.44. The molecule has 1 N–H and O–H groups in total. The summed E-state index contributed by atoms with van der Waals surface area (Å²) in [7, 11) is 0. The van der Waals surface area contributed by atoms with Gasteiger partial charge in [0.15, 0.2) is 0 Å². The quantitative estimate of drug-likeness (QED) is 0.855. The first kappa shape index (κ1) is 19.5. The molecule has 0 aliphatic carbocycles. The van der Waals surface area contributed by atoms with E-state index in [1.165, 1.54) is 6.07 Å². The number of esters is 1. The standard InChI is InChI=1S/C18H24N2O4/c1-17(2,3)20-16(22)23-11-13-8-7-12(10-19)9-14(13)15(21)24-18(4,5)6/h7-9H,11H2,1-6H3,(H,20,22). The Labute approximate surface area is 142 Å². The smallest absolute Gasteiger partial charge is 0.407 e. The van der Waals surface area contributed by atoms with Crippen LogP contribution in [-0.2, 0) is 16.1 Å². The molecule has 1 aromatic rings. The van der Waals surface area contributed by atoms with Gasteiger partial charge in [-0.15, -0.1) is 0 Å². The van der Waals surface area contributed by atoms with Gasteiger partial charge in [0.05, 0.1) is 17.2 Å². The van der Waals surface area contributed by atoms with Crippen LogP contribution in [0.2, 0.25) is 0 Å². The third kappa shape index (κ3) is 6.69. The molecule has 0 aromatic heterocycles. The molecule has 0 aliphatic heterocycles. The lowest BCUT2D eigenvalue weighted by molar-refractivity contribution is 0.00656. The molecule has 0 bridgehead atoms. The second kappa shape index (κ2) is 7.35. The zero-order valence-electron chi connectivity index (χ0n) is 15.0. The van der Waals surface area contributed by atoms with Gasteiger partial charge in [-0.1, -0.05) is 6.07 Å². The van der Waals surface area contributed by atoms with Gasteiger partial charge in [-0.25, -0.2) is 9.59 Å². The Morgan fingerprint density at radius 3 is 2.29 bits per heavy atom. The van der Waals surface area contributed by atoms with Gasteiger partial charge in [0.1, 0.15) is 12.2 Å². The van der Waals surface area contributed by atoms with Crippen molar-refractivity contribution < 1.29 is 19.1 Å². The van der Waals surface area contributed by atoms with Crippen LogP contribution in [-0.4, -0.2) is 23.2 Å². The number of amides is 1. The molecule has 1 amide bonds. The number of nitrogens with one attached hydrogen (secondary N) is 1. The molecule has 6 nitrogen and oxygen atoms in total. The third-order valence-electron chi connectivity index (χ3n) is 2.69. The van der Waals surface area contributed by atoms with Gasteiger partial charge in [-0.05, 0) is 53.7 Å². The van der Waals surface area contributed by atoms with Crippen LogP contribution in [0.5, 0.6) is 0 Å². The Hall–Kier alpha value is -2.55. The van der Waals surface area contributed by atoms with Crippen molar-refractivity contribution >= 4 is 12.1 Å². The molecule has 0 radical (unpaired) electrons. The molecule has 0 atom stereocenters. The molecule has 0 spiro atoms. The summed E-state index contributed by atoms with van der Waals surface area (Å²) >= 11 is 0. The fraction of sp³-hybridized carbons (Fsp3) is 0.500. The maximum Gasteiger partial charge on any atom is 0.407 e. The Morgan fingerprint density at radius 2 is 1.79 bits per heavy atom. The molecular weight excluding hydrogens is 308 g/mol. The van der Waals surface area contributed by atoms with E-state index < -0.39 is 23.2 Å². The Bertz CT molecular complexity index is 661. The number of carbonyl (C=O) groups excluding carboxylic acids is 2. The van der Waals surface area contributed by atoms with Crippen molar-refractivity contribution in [2.45, 2.75) is 59.3 Å². The number of alkyl carbamates (subject to hydrolysis) is 1. The highest BCUT2D eigenvalue weighted by Crippen LogP contribution is 2.18. The second-order valence-electron chi connectivity index (χ2n) is 7.44. The Morgan fingerprint density at radius 1 is 1.17 bits per heavy atom. The van der Waals surface area contributed by atoms with Gasteiger partial charge >= 0.3 is 12.1 Å².